The molecule has 0 aromatic carbocycles. The van der Waals surface area contributed by atoms with Crippen molar-refractivity contribution in [2.24, 2.45) is 0 Å². The zero-order valence-electron chi connectivity index (χ0n) is 11.8. The average molecular weight is 330 g/mol. The monoisotopic (exact) mass is 330 g/mol. The number of sulfone groups is 1. The Kier molecular flexibility index (Phi) is 3.96. The van der Waals surface area contributed by atoms with E-state index in [1.54, 1.807) is 0 Å². The third-order valence-corrected chi connectivity index (χ3v) is 6.39. The molecule has 21 heavy (non-hydrogen) atoms. The molecule has 7 nitrogen and oxygen atoms in total. The van der Waals surface area contributed by atoms with Crippen LogP contribution >= 0.6 is 11.8 Å². The number of hydrogen-bond acceptors (Lipinski definition) is 6. The number of carbonyl (C=O) groups excluding carboxylic acids is 1. The minimum Gasteiger partial charge on any atom is -0.352 e. The predicted molar refractivity (Wildman–Crippen MR) is 79.0 cm³/mol. The molecule has 3 rings (SSSR count). The maximum Gasteiger partial charge on any atom is 0.230 e. The number of aryl methyl sites for hydroxylation is 1. The van der Waals surface area contributed by atoms with Crippen molar-refractivity contribution in [3.63, 3.8) is 0 Å². The topological polar surface area (TPSA) is 94.0 Å². The SMILES string of the molecule is Cc1nnc(SCC(=O)N[C@@H]2CCS(=O)(=O)C2)n1C1CC1. The number of aromatic nitrogens is 3. The van der Waals surface area contributed by atoms with Gasteiger partial charge in [0.1, 0.15) is 5.82 Å². The maximum absolute atomic E-state index is 11.9. The summed E-state index contributed by atoms with van der Waals surface area (Å²) in [5.41, 5.74) is 0. The van der Waals surface area contributed by atoms with Gasteiger partial charge in [-0.15, -0.1) is 10.2 Å². The molecule has 0 unspecified atom stereocenters. The van der Waals surface area contributed by atoms with Gasteiger partial charge in [-0.3, -0.25) is 4.79 Å². The first-order valence-electron chi connectivity index (χ1n) is 6.99. The number of nitrogens with one attached hydrogen (secondary N) is 1. The van der Waals surface area contributed by atoms with Gasteiger partial charge >= 0.3 is 0 Å². The molecule has 2 fully saturated rings. The first-order valence-corrected chi connectivity index (χ1v) is 9.79. The van der Waals surface area contributed by atoms with E-state index in [0.29, 0.717) is 12.5 Å². The van der Waals surface area contributed by atoms with Crippen LogP contribution in [0.5, 0.6) is 0 Å². The minimum absolute atomic E-state index is 0.0563. The lowest BCUT2D eigenvalue weighted by Gasteiger charge is -2.10. The van der Waals surface area contributed by atoms with E-state index >= 15 is 0 Å². The van der Waals surface area contributed by atoms with Gasteiger partial charge < -0.3 is 9.88 Å². The molecule has 2 aliphatic rings. The van der Waals surface area contributed by atoms with Crippen molar-refractivity contribution in [3.8, 4) is 0 Å². The summed E-state index contributed by atoms with van der Waals surface area (Å²) >= 11 is 1.36. The van der Waals surface area contributed by atoms with E-state index < -0.39 is 9.84 Å². The molecule has 9 heteroatoms. The van der Waals surface area contributed by atoms with Crippen molar-refractivity contribution >= 4 is 27.5 Å². The fraction of sp³-hybridized carbons (Fsp3) is 0.750. The van der Waals surface area contributed by atoms with Gasteiger partial charge in [-0.25, -0.2) is 8.42 Å². The fourth-order valence-electron chi connectivity index (χ4n) is 2.51. The Bertz CT molecular complexity index is 651. The lowest BCUT2D eigenvalue weighted by molar-refractivity contribution is -0.119. The molecule has 1 aliphatic carbocycles. The molecule has 1 N–H and O–H groups in total. The van der Waals surface area contributed by atoms with E-state index in [1.165, 1.54) is 11.8 Å². The number of nitrogens with zero attached hydrogens (tertiary/aromatic N) is 3. The van der Waals surface area contributed by atoms with Crippen LogP contribution in [0.4, 0.5) is 0 Å². The normalized spacial score (nSPS) is 24.1. The van der Waals surface area contributed by atoms with Gasteiger partial charge in [0.25, 0.3) is 0 Å². The summed E-state index contributed by atoms with van der Waals surface area (Å²) in [6.07, 6.45) is 2.78. The fourth-order valence-corrected chi connectivity index (χ4v) is 5.05. The summed E-state index contributed by atoms with van der Waals surface area (Å²) in [5.74, 6) is 1.19. The summed E-state index contributed by atoms with van der Waals surface area (Å²) in [4.78, 5) is 11.9. The van der Waals surface area contributed by atoms with Gasteiger partial charge in [0.15, 0.2) is 15.0 Å². The highest BCUT2D eigenvalue weighted by atomic mass is 32.2. The van der Waals surface area contributed by atoms with Gasteiger partial charge in [0, 0.05) is 12.1 Å². The Balaban J connectivity index is 1.52. The Hall–Kier alpha value is -1.09. The van der Waals surface area contributed by atoms with E-state index in [0.717, 1.165) is 23.8 Å². The van der Waals surface area contributed by atoms with Gasteiger partial charge in [-0.05, 0) is 26.2 Å². The Labute approximate surface area is 127 Å². The van der Waals surface area contributed by atoms with Crippen LogP contribution in [0.2, 0.25) is 0 Å². The first kappa shape index (κ1) is 14.8. The zero-order chi connectivity index (χ0) is 15.0. The van der Waals surface area contributed by atoms with Crippen LogP contribution in [0, 0.1) is 6.92 Å². The summed E-state index contributed by atoms with van der Waals surface area (Å²) in [6, 6.07) is 0.233. The van der Waals surface area contributed by atoms with E-state index in [9.17, 15) is 13.2 Å². The summed E-state index contributed by atoms with van der Waals surface area (Å²) in [6.45, 7) is 1.92. The molecule has 1 aromatic rings. The van der Waals surface area contributed by atoms with Crippen molar-refractivity contribution in [2.75, 3.05) is 17.3 Å². The second-order valence-corrected chi connectivity index (χ2v) is 8.76. The number of carbonyl (C=O) groups is 1. The van der Waals surface area contributed by atoms with Crippen LogP contribution in [0.3, 0.4) is 0 Å². The zero-order valence-corrected chi connectivity index (χ0v) is 13.4. The third-order valence-electron chi connectivity index (χ3n) is 3.68. The maximum atomic E-state index is 11.9. The summed E-state index contributed by atoms with van der Waals surface area (Å²) < 4.78 is 24.8. The van der Waals surface area contributed by atoms with Gasteiger partial charge in [-0.1, -0.05) is 11.8 Å². The largest absolute Gasteiger partial charge is 0.352 e. The number of rotatable bonds is 5. The van der Waals surface area contributed by atoms with Crippen molar-refractivity contribution in [1.82, 2.24) is 20.1 Å². The molecular weight excluding hydrogens is 312 g/mol. The van der Waals surface area contributed by atoms with Gasteiger partial charge in [0.2, 0.25) is 5.91 Å². The van der Waals surface area contributed by atoms with Crippen molar-refractivity contribution in [2.45, 2.75) is 43.4 Å². The summed E-state index contributed by atoms with van der Waals surface area (Å²) in [5, 5.41) is 11.7. The van der Waals surface area contributed by atoms with Crippen LogP contribution in [0.15, 0.2) is 5.16 Å². The number of thioether (sulfide) groups is 1. The number of amides is 1. The van der Waals surface area contributed by atoms with E-state index in [1.807, 2.05) is 6.92 Å². The quantitative estimate of drug-likeness (QED) is 0.781. The highest BCUT2D eigenvalue weighted by molar-refractivity contribution is 7.99. The van der Waals surface area contributed by atoms with Crippen LogP contribution in [-0.4, -0.2) is 52.4 Å². The molecule has 1 saturated carbocycles. The molecule has 1 atom stereocenters. The smallest absolute Gasteiger partial charge is 0.230 e. The third kappa shape index (κ3) is 3.57. The predicted octanol–water partition coefficient (Wildman–Crippen LogP) is 0.317. The molecule has 0 bridgehead atoms. The summed E-state index contributed by atoms with van der Waals surface area (Å²) in [7, 11) is -2.96. The molecule has 116 valence electrons. The van der Waals surface area contributed by atoms with E-state index in [2.05, 4.69) is 20.1 Å². The highest BCUT2D eigenvalue weighted by Crippen LogP contribution is 2.38. The molecule has 1 aliphatic heterocycles. The van der Waals surface area contributed by atoms with Gasteiger partial charge in [0.05, 0.1) is 17.3 Å². The van der Waals surface area contributed by atoms with E-state index in [-0.39, 0.29) is 29.2 Å². The number of hydrogen-bond donors (Lipinski definition) is 1. The van der Waals surface area contributed by atoms with Crippen molar-refractivity contribution in [1.29, 1.82) is 0 Å². The van der Waals surface area contributed by atoms with Crippen LogP contribution in [-0.2, 0) is 14.6 Å². The highest BCUT2D eigenvalue weighted by Gasteiger charge is 2.30. The average Bonchev–Trinajstić information content (AvgIpc) is 3.09. The Morgan fingerprint density at radius 3 is 2.76 bits per heavy atom. The van der Waals surface area contributed by atoms with Crippen molar-refractivity contribution in [3.05, 3.63) is 5.82 Å². The molecule has 1 saturated heterocycles. The van der Waals surface area contributed by atoms with Crippen LogP contribution in [0.1, 0.15) is 31.1 Å². The first-order chi connectivity index (χ1) is 9.94. The lowest BCUT2D eigenvalue weighted by atomic mass is 10.3. The Morgan fingerprint density at radius 2 is 2.14 bits per heavy atom. The molecule has 1 amide bonds. The molecule has 0 radical (unpaired) electrons. The van der Waals surface area contributed by atoms with Gasteiger partial charge in [-0.2, -0.15) is 0 Å². The van der Waals surface area contributed by atoms with Crippen LogP contribution in [0.25, 0.3) is 0 Å². The second kappa shape index (κ2) is 5.60. The standard InChI is InChI=1S/C12H18N4O3S2/c1-8-14-15-12(16(8)10-2-3-10)20-6-11(17)13-9-4-5-21(18,19)7-9/h9-10H,2-7H2,1H3,(H,13,17)/t9-/m1/s1. The molecule has 1 aromatic heterocycles. The minimum atomic E-state index is -2.96. The molecule has 0 spiro atoms. The Morgan fingerprint density at radius 1 is 1.38 bits per heavy atom. The van der Waals surface area contributed by atoms with Crippen LogP contribution < -0.4 is 5.32 Å². The molecular formula is C12H18N4O3S2. The van der Waals surface area contributed by atoms with Crippen molar-refractivity contribution < 1.29 is 13.2 Å². The van der Waals surface area contributed by atoms with E-state index in [4.69, 9.17) is 0 Å². The molecule has 2 heterocycles. The lowest BCUT2D eigenvalue weighted by Crippen LogP contribution is -2.36. The second-order valence-electron chi connectivity index (χ2n) is 5.59.